The van der Waals surface area contributed by atoms with Crippen LogP contribution in [0.4, 0.5) is 0 Å². The molecule has 0 amide bonds. The Balaban J connectivity index is 2.42. The summed E-state index contributed by atoms with van der Waals surface area (Å²) in [5, 5.41) is 3.43. The van der Waals surface area contributed by atoms with Crippen LogP contribution in [-0.4, -0.2) is 12.6 Å². The van der Waals surface area contributed by atoms with Gasteiger partial charge in [0.1, 0.15) is 11.4 Å². The van der Waals surface area contributed by atoms with E-state index < -0.39 is 0 Å². The highest BCUT2D eigenvalue weighted by Gasteiger charge is 2.37. The first kappa shape index (κ1) is 12.4. The lowest BCUT2D eigenvalue weighted by atomic mass is 9.83. The van der Waals surface area contributed by atoms with Crippen LogP contribution in [0.25, 0.3) is 0 Å². The first-order chi connectivity index (χ1) is 8.14. The molecule has 1 aromatic carbocycles. The van der Waals surface area contributed by atoms with Crippen LogP contribution in [0, 0.1) is 6.92 Å². The second-order valence-electron chi connectivity index (χ2n) is 5.08. The van der Waals surface area contributed by atoms with Gasteiger partial charge in [0.25, 0.3) is 0 Å². The van der Waals surface area contributed by atoms with E-state index in [1.165, 1.54) is 11.1 Å². The number of aryl methyl sites for hydroxylation is 1. The lowest BCUT2D eigenvalue weighted by Gasteiger charge is -2.41. The zero-order valence-electron chi connectivity index (χ0n) is 11.3. The minimum atomic E-state index is 0.00986. The molecule has 2 rings (SSSR count). The zero-order chi connectivity index (χ0) is 12.5. The summed E-state index contributed by atoms with van der Waals surface area (Å²) in [4.78, 5) is 0. The predicted molar refractivity (Wildman–Crippen MR) is 71.5 cm³/mol. The van der Waals surface area contributed by atoms with Gasteiger partial charge in [-0.1, -0.05) is 31.5 Å². The molecule has 0 radical (unpaired) electrons. The average Bonchev–Trinajstić information content (AvgIpc) is 2.37. The van der Waals surface area contributed by atoms with Crippen molar-refractivity contribution in [2.45, 2.75) is 51.7 Å². The molecule has 1 unspecified atom stereocenters. The summed E-state index contributed by atoms with van der Waals surface area (Å²) < 4.78 is 6.26. The first-order valence-corrected chi connectivity index (χ1v) is 6.61. The van der Waals surface area contributed by atoms with Gasteiger partial charge in [0.05, 0.1) is 0 Å². The molecule has 1 aliphatic heterocycles. The lowest BCUT2D eigenvalue weighted by Crippen LogP contribution is -2.42. The summed E-state index contributed by atoms with van der Waals surface area (Å²) >= 11 is 0. The molecule has 0 saturated carbocycles. The minimum absolute atomic E-state index is 0.00986. The fourth-order valence-corrected chi connectivity index (χ4v) is 2.73. The number of hydrogen-bond acceptors (Lipinski definition) is 2. The van der Waals surface area contributed by atoms with Crippen LogP contribution in [0.2, 0.25) is 0 Å². The molecule has 0 spiro atoms. The highest BCUT2D eigenvalue weighted by Crippen LogP contribution is 2.42. The molecule has 0 bridgehead atoms. The maximum absolute atomic E-state index is 6.26. The third-order valence-electron chi connectivity index (χ3n) is 4.08. The summed E-state index contributed by atoms with van der Waals surface area (Å²) in [5.74, 6) is 1.06. The molecule has 17 heavy (non-hydrogen) atoms. The molecule has 0 fully saturated rings. The van der Waals surface area contributed by atoms with Crippen LogP contribution in [0.15, 0.2) is 18.2 Å². The van der Waals surface area contributed by atoms with E-state index in [-0.39, 0.29) is 5.60 Å². The normalized spacial score (nSPS) is 21.8. The molecule has 94 valence electrons. The van der Waals surface area contributed by atoms with Crippen LogP contribution in [0.5, 0.6) is 5.75 Å². The van der Waals surface area contributed by atoms with Crippen molar-refractivity contribution in [3.8, 4) is 5.75 Å². The van der Waals surface area contributed by atoms with Gasteiger partial charge in [0.15, 0.2) is 0 Å². The Morgan fingerprint density at radius 1 is 1.35 bits per heavy atom. The Morgan fingerprint density at radius 2 is 2.06 bits per heavy atom. The maximum atomic E-state index is 6.26. The van der Waals surface area contributed by atoms with Crippen molar-refractivity contribution in [3.05, 3.63) is 29.3 Å². The van der Waals surface area contributed by atoms with E-state index in [0.29, 0.717) is 6.04 Å². The zero-order valence-corrected chi connectivity index (χ0v) is 11.3. The smallest absolute Gasteiger partial charge is 0.124 e. The van der Waals surface area contributed by atoms with Crippen molar-refractivity contribution in [2.24, 2.45) is 0 Å². The Morgan fingerprint density at radius 3 is 2.65 bits per heavy atom. The fourth-order valence-electron chi connectivity index (χ4n) is 2.73. The lowest BCUT2D eigenvalue weighted by molar-refractivity contribution is 0.0239. The molecule has 2 heteroatoms. The topological polar surface area (TPSA) is 21.3 Å². The average molecular weight is 233 g/mol. The van der Waals surface area contributed by atoms with E-state index in [2.05, 4.69) is 44.3 Å². The highest BCUT2D eigenvalue weighted by molar-refractivity contribution is 5.41. The summed E-state index contributed by atoms with van der Waals surface area (Å²) in [6.45, 7) is 6.57. The number of nitrogens with one attached hydrogen (secondary N) is 1. The summed E-state index contributed by atoms with van der Waals surface area (Å²) in [7, 11) is 2.04. The molecule has 1 heterocycles. The van der Waals surface area contributed by atoms with Gasteiger partial charge in [-0.15, -0.1) is 0 Å². The maximum Gasteiger partial charge on any atom is 0.124 e. The number of fused-ring (bicyclic) bond motifs is 1. The van der Waals surface area contributed by atoms with Crippen molar-refractivity contribution < 1.29 is 4.74 Å². The van der Waals surface area contributed by atoms with Gasteiger partial charge in [-0.05, 0) is 32.9 Å². The standard InChI is InChI=1S/C15H23NO/c1-5-15(6-2)10-13(16-4)12-9-11(3)7-8-14(12)17-15/h7-9,13,16H,5-6,10H2,1-4H3. The van der Waals surface area contributed by atoms with Crippen molar-refractivity contribution >= 4 is 0 Å². The molecule has 1 aliphatic rings. The summed E-state index contributed by atoms with van der Waals surface area (Å²) in [5.41, 5.74) is 2.62. The number of hydrogen-bond donors (Lipinski definition) is 1. The SMILES string of the molecule is CCC1(CC)CC(NC)c2cc(C)ccc2O1. The van der Waals surface area contributed by atoms with Crippen molar-refractivity contribution in [2.75, 3.05) is 7.05 Å². The van der Waals surface area contributed by atoms with E-state index in [9.17, 15) is 0 Å². The number of ether oxygens (including phenoxy) is 1. The third kappa shape index (κ3) is 2.19. The van der Waals surface area contributed by atoms with Crippen LogP contribution in [0.1, 0.15) is 50.3 Å². The Bertz CT molecular complexity index is 396. The van der Waals surface area contributed by atoms with Gasteiger partial charge in [0.2, 0.25) is 0 Å². The quantitative estimate of drug-likeness (QED) is 0.861. The fraction of sp³-hybridized carbons (Fsp3) is 0.600. The van der Waals surface area contributed by atoms with Gasteiger partial charge >= 0.3 is 0 Å². The molecule has 0 aromatic heterocycles. The van der Waals surface area contributed by atoms with Crippen molar-refractivity contribution in [1.82, 2.24) is 5.32 Å². The van der Waals surface area contributed by atoms with Crippen molar-refractivity contribution in [1.29, 1.82) is 0 Å². The van der Waals surface area contributed by atoms with Crippen LogP contribution in [0.3, 0.4) is 0 Å². The molecule has 1 aromatic rings. The van der Waals surface area contributed by atoms with Gasteiger partial charge in [0, 0.05) is 18.0 Å². The van der Waals surface area contributed by atoms with Gasteiger partial charge in [-0.3, -0.25) is 0 Å². The second-order valence-corrected chi connectivity index (χ2v) is 5.08. The molecular weight excluding hydrogens is 210 g/mol. The number of rotatable bonds is 3. The van der Waals surface area contributed by atoms with Gasteiger partial charge in [-0.25, -0.2) is 0 Å². The molecule has 1 N–H and O–H groups in total. The van der Waals surface area contributed by atoms with Crippen LogP contribution < -0.4 is 10.1 Å². The summed E-state index contributed by atoms with van der Waals surface area (Å²) in [6, 6.07) is 6.91. The van der Waals surface area contributed by atoms with Crippen LogP contribution >= 0.6 is 0 Å². The molecule has 1 atom stereocenters. The summed E-state index contributed by atoms with van der Waals surface area (Å²) in [6.07, 6.45) is 3.19. The highest BCUT2D eigenvalue weighted by atomic mass is 16.5. The van der Waals surface area contributed by atoms with Crippen LogP contribution in [-0.2, 0) is 0 Å². The number of benzene rings is 1. The molecule has 0 aliphatic carbocycles. The first-order valence-electron chi connectivity index (χ1n) is 6.61. The van der Waals surface area contributed by atoms with Gasteiger partial charge in [-0.2, -0.15) is 0 Å². The molecule has 2 nitrogen and oxygen atoms in total. The van der Waals surface area contributed by atoms with Crippen molar-refractivity contribution in [3.63, 3.8) is 0 Å². The molecule has 0 saturated heterocycles. The van der Waals surface area contributed by atoms with E-state index in [1.54, 1.807) is 0 Å². The van der Waals surface area contributed by atoms with E-state index >= 15 is 0 Å². The van der Waals surface area contributed by atoms with Gasteiger partial charge < -0.3 is 10.1 Å². The predicted octanol–water partition coefficient (Wildman–Crippen LogP) is 3.60. The van der Waals surface area contributed by atoms with E-state index in [0.717, 1.165) is 25.0 Å². The Labute approximate surface area is 104 Å². The second kappa shape index (κ2) is 4.69. The largest absolute Gasteiger partial charge is 0.487 e. The third-order valence-corrected chi connectivity index (χ3v) is 4.08. The molecular formula is C15H23NO. The minimum Gasteiger partial charge on any atom is -0.487 e. The Kier molecular flexibility index (Phi) is 3.43. The van der Waals surface area contributed by atoms with E-state index in [1.807, 2.05) is 7.05 Å². The monoisotopic (exact) mass is 233 g/mol. The Hall–Kier alpha value is -1.02. The van der Waals surface area contributed by atoms with E-state index in [4.69, 9.17) is 4.74 Å².